The minimum Gasteiger partial charge on any atom is -0.490 e. The molecule has 2 spiro atoms. The molecule has 94 heavy (non-hydrogen) atoms. The number of ether oxygens (including phenoxy) is 6. The van der Waals surface area contributed by atoms with Crippen LogP contribution in [0, 0.1) is 23.7 Å². The van der Waals surface area contributed by atoms with Crippen LogP contribution in [0.5, 0.6) is 11.5 Å². The zero-order valence-electron chi connectivity index (χ0n) is 55.0. The van der Waals surface area contributed by atoms with Gasteiger partial charge in [0.05, 0.1) is 53.4 Å². The van der Waals surface area contributed by atoms with Gasteiger partial charge in [-0.05, 0) is 222 Å². The molecule has 2 saturated carbocycles. The maximum atomic E-state index is 14.8. The van der Waals surface area contributed by atoms with E-state index in [2.05, 4.69) is 71.8 Å². The van der Waals surface area contributed by atoms with Gasteiger partial charge in [0.1, 0.15) is 37.9 Å². The lowest BCUT2D eigenvalue weighted by molar-refractivity contribution is -0.128. The Kier molecular flexibility index (Phi) is 21.7. The van der Waals surface area contributed by atoms with Crippen molar-refractivity contribution in [3.05, 3.63) is 141 Å². The maximum Gasteiger partial charge on any atom is 0.286 e. The maximum absolute atomic E-state index is 14.8. The molecule has 3 fully saturated rings. The summed E-state index contributed by atoms with van der Waals surface area (Å²) in [5.74, 6) is 1.33. The summed E-state index contributed by atoms with van der Waals surface area (Å²) in [5, 5.41) is 6.82. The normalized spacial score (nSPS) is 32.6. The number of anilines is 2. The minimum absolute atomic E-state index is 0.0192. The average Bonchev–Trinajstić information content (AvgIpc) is 1.46. The first-order chi connectivity index (χ1) is 45.4. The Morgan fingerprint density at radius 3 is 1.64 bits per heavy atom. The van der Waals surface area contributed by atoms with E-state index in [0.29, 0.717) is 118 Å². The zero-order chi connectivity index (χ0) is 65.8. The fourth-order valence-corrected chi connectivity index (χ4v) is 20.3. The number of methoxy groups -OCH3 is 2. The molecule has 4 aliphatic carbocycles. The van der Waals surface area contributed by atoms with Crippen LogP contribution >= 0.6 is 23.2 Å². The number of carbonyl (C=O) groups is 3. The van der Waals surface area contributed by atoms with Crippen LogP contribution in [0.3, 0.4) is 0 Å². The highest BCUT2D eigenvalue weighted by atomic mass is 35.5. The fourth-order valence-electron chi connectivity index (χ4n) is 16.4. The Hall–Kier alpha value is -5.35. The molecule has 13 rings (SSSR count). The average molecular weight is 1370 g/mol. The van der Waals surface area contributed by atoms with Crippen LogP contribution in [0.4, 0.5) is 11.4 Å². The number of fused-ring (bicyclic) bond motifs is 8. The Morgan fingerprint density at radius 1 is 0.660 bits per heavy atom. The number of rotatable bonds is 8. The molecule has 17 nitrogen and oxygen atoms in total. The summed E-state index contributed by atoms with van der Waals surface area (Å²) in [7, 11) is -3.20. The molecule has 5 heterocycles. The number of nitrogens with zero attached hydrogens (tertiary/aromatic N) is 4. The number of nitrogens with two attached hydrogens (primary N) is 1. The second-order valence-electron chi connectivity index (χ2n) is 27.7. The molecule has 5 aliphatic heterocycles. The summed E-state index contributed by atoms with van der Waals surface area (Å²) in [6.45, 7) is 8.92. The third kappa shape index (κ3) is 14.9. The van der Waals surface area contributed by atoms with E-state index >= 15 is 0 Å². The van der Waals surface area contributed by atoms with Crippen molar-refractivity contribution in [2.45, 2.75) is 169 Å². The van der Waals surface area contributed by atoms with E-state index < -0.39 is 42.8 Å². The summed E-state index contributed by atoms with van der Waals surface area (Å²) in [5.41, 5.74) is 7.08. The van der Waals surface area contributed by atoms with Crippen LogP contribution in [-0.2, 0) is 67.2 Å². The van der Waals surface area contributed by atoms with Gasteiger partial charge in [0.15, 0.2) is 0 Å². The largest absolute Gasteiger partial charge is 0.490 e. The van der Waals surface area contributed by atoms with Crippen molar-refractivity contribution in [3.63, 3.8) is 0 Å². The van der Waals surface area contributed by atoms with Gasteiger partial charge in [-0.15, -0.1) is 8.73 Å². The summed E-state index contributed by atoms with van der Waals surface area (Å²) in [6, 6.07) is 23.4. The highest BCUT2D eigenvalue weighted by Gasteiger charge is 2.47. The molecule has 1 saturated heterocycles. The lowest BCUT2D eigenvalue weighted by atomic mass is 9.68. The van der Waals surface area contributed by atoms with Gasteiger partial charge in [0, 0.05) is 85.6 Å². The zero-order valence-corrected chi connectivity index (χ0v) is 58.1. The first-order valence-corrected chi connectivity index (χ1v) is 38.3. The molecule has 3 N–H and O–H groups in total. The standard InChI is InChI=1S/C40H52ClN3O7S.C33H42ClN3O4S/c1-3-32-8-4-5-9-36(48-2)33-13-10-29(33)23-44-25-40(18-6-7-27-21-30(41)12-14-34(27)40)26-51-37-15-11-28(22-35(37)44)39(46)43-52(32,47)42-38(45)24-50-31-16-19-49-20-17-31;1-3-26-8-4-5-9-30(40-2)27-13-10-24(27)19-37-20-33(16-6-7-22-17-25(34)12-14-28(22)33)21-41-31-15-11-23(18-29(31)37)32(38)36-42(26,35)39/h5,9,11-12,14-15,21-22,29,31-33,36H,3-4,6-8,10,13,16-20,23-26H2,1-2H3,(H,42,43,45,46,47);5,9,11-12,14-15,17-18,24,26-27,30H,3-4,6-8,10,13,16,19-21H2,1-2H3,(H2,35,36,38,39)/b2*9-5+/t29-,32+,33+,36-,40-,52?;24-,26+,27+,30-,33-,42?/m00/s1. The summed E-state index contributed by atoms with van der Waals surface area (Å²) < 4.78 is 76.0. The smallest absolute Gasteiger partial charge is 0.286 e. The van der Waals surface area contributed by atoms with Crippen LogP contribution in [0.2, 0.25) is 10.0 Å². The first kappa shape index (κ1) is 68.6. The van der Waals surface area contributed by atoms with Crippen LogP contribution in [0.15, 0.2) is 106 Å². The Balaban J connectivity index is 0.000000185. The number of amides is 3. The van der Waals surface area contributed by atoms with Crippen molar-refractivity contribution >= 4 is 72.1 Å². The molecule has 508 valence electrons. The molecule has 4 bridgehead atoms. The molecular weight excluding hydrogens is 1270 g/mol. The number of halogens is 2. The Labute approximate surface area is 566 Å². The van der Waals surface area contributed by atoms with E-state index in [1.165, 1.54) is 22.3 Å². The molecule has 0 radical (unpaired) electrons. The van der Waals surface area contributed by atoms with E-state index in [0.717, 1.165) is 118 Å². The first-order valence-electron chi connectivity index (χ1n) is 34.3. The van der Waals surface area contributed by atoms with E-state index in [4.69, 9.17) is 56.8 Å². The van der Waals surface area contributed by atoms with Gasteiger partial charge >= 0.3 is 0 Å². The number of allylic oxidation sites excluding steroid dienone is 2. The molecule has 9 aliphatic rings. The van der Waals surface area contributed by atoms with Crippen molar-refractivity contribution < 1.29 is 51.2 Å². The lowest BCUT2D eigenvalue weighted by Crippen LogP contribution is -2.49. The monoisotopic (exact) mass is 1360 g/mol. The number of aryl methyl sites for hydroxylation is 2. The van der Waals surface area contributed by atoms with Crippen molar-refractivity contribution in [2.75, 3.05) is 83.2 Å². The van der Waals surface area contributed by atoms with Crippen LogP contribution < -0.4 is 29.1 Å². The van der Waals surface area contributed by atoms with Gasteiger partial charge < -0.3 is 38.2 Å². The van der Waals surface area contributed by atoms with Crippen molar-refractivity contribution in [2.24, 2.45) is 37.5 Å². The highest BCUT2D eigenvalue weighted by molar-refractivity contribution is 7.93. The van der Waals surface area contributed by atoms with Gasteiger partial charge in [0.25, 0.3) is 17.7 Å². The number of hydrogen-bond donors (Lipinski definition) is 2. The van der Waals surface area contributed by atoms with Crippen LogP contribution in [-0.4, -0.2) is 128 Å². The number of carbonyl (C=O) groups excluding carboxylic acids is 3. The molecular formula is C73H94Cl2N6O11S2. The third-order valence-electron chi connectivity index (χ3n) is 21.9. The lowest BCUT2D eigenvalue weighted by Gasteiger charge is -2.46. The second-order valence-corrected chi connectivity index (χ2v) is 32.8. The Bertz CT molecular complexity index is 3770. The molecule has 0 aromatic heterocycles. The summed E-state index contributed by atoms with van der Waals surface area (Å²) >= 11 is 12.9. The fraction of sp³-hybridized carbons (Fsp3) is 0.575. The molecule has 2 unspecified atom stereocenters. The predicted octanol–water partition coefficient (Wildman–Crippen LogP) is 13.3. The van der Waals surface area contributed by atoms with E-state index in [1.54, 1.807) is 26.4 Å². The number of hydrogen-bond acceptors (Lipinski definition) is 13. The predicted molar refractivity (Wildman–Crippen MR) is 371 cm³/mol. The Morgan fingerprint density at radius 2 is 1.16 bits per heavy atom. The number of benzene rings is 4. The summed E-state index contributed by atoms with van der Waals surface area (Å²) in [4.78, 5) is 45.6. The molecule has 4 aromatic carbocycles. The van der Waals surface area contributed by atoms with Crippen LogP contribution in [0.1, 0.15) is 160 Å². The minimum atomic E-state index is -3.54. The molecule has 12 atom stereocenters. The van der Waals surface area contributed by atoms with Gasteiger partial charge in [0.2, 0.25) is 0 Å². The van der Waals surface area contributed by atoms with Gasteiger partial charge in [-0.3, -0.25) is 19.1 Å². The number of nitrogens with one attached hydrogen (secondary N) is 1. The van der Waals surface area contributed by atoms with Gasteiger partial charge in [-0.2, -0.15) is 0 Å². The van der Waals surface area contributed by atoms with E-state index in [9.17, 15) is 22.8 Å². The van der Waals surface area contributed by atoms with Crippen molar-refractivity contribution in [3.8, 4) is 11.5 Å². The van der Waals surface area contributed by atoms with Crippen LogP contribution in [0.25, 0.3) is 0 Å². The van der Waals surface area contributed by atoms with E-state index in [1.807, 2.05) is 50.2 Å². The molecule has 3 amide bonds. The summed E-state index contributed by atoms with van der Waals surface area (Å²) in [6.07, 6.45) is 23.7. The SMILES string of the molecule is CC[C@@H]1CC/C=C/[C@H](OC)[C@@H]2CC[C@H]2CN2C[C@@]3(CCCc4cc(Cl)ccc43)COc3ccc(cc32)C(=O)N=S1(=O)NC(=O)COC1CCOCC1.CC[C@@H]1CC/C=C/[C@H](OC)[C@@H]2CC[C@H]2CN2C[C@@]3(CCCc4cc(Cl)ccc43)COc3ccc(cc32)C(=O)N=S1(N)=O. The van der Waals surface area contributed by atoms with Crippen molar-refractivity contribution in [1.82, 2.24) is 4.72 Å². The highest BCUT2D eigenvalue weighted by Crippen LogP contribution is 2.50. The third-order valence-corrected chi connectivity index (χ3v) is 26.8. The second kappa shape index (κ2) is 29.8. The quantitative estimate of drug-likeness (QED) is 0.158. The van der Waals surface area contributed by atoms with Gasteiger partial charge in [-0.25, -0.2) is 13.6 Å². The molecule has 4 aromatic rings. The van der Waals surface area contributed by atoms with Gasteiger partial charge in [-0.1, -0.05) is 73.5 Å². The molecule has 21 heteroatoms. The van der Waals surface area contributed by atoms with E-state index in [-0.39, 0.29) is 41.0 Å². The topological polar surface area (TPSA) is 210 Å². The van der Waals surface area contributed by atoms with Crippen molar-refractivity contribution in [1.29, 1.82) is 0 Å².